The lowest BCUT2D eigenvalue weighted by Gasteiger charge is -2.45. The first kappa shape index (κ1) is 15.6. The maximum atomic E-state index is 5.61. The van der Waals surface area contributed by atoms with Crippen molar-refractivity contribution in [3.8, 4) is 11.5 Å². The van der Waals surface area contributed by atoms with Crippen LogP contribution in [-0.4, -0.2) is 44.1 Å². The molecular formula is C16H24BrNO2. The third kappa shape index (κ3) is 2.68. The van der Waals surface area contributed by atoms with Crippen LogP contribution < -0.4 is 9.47 Å². The van der Waals surface area contributed by atoms with Gasteiger partial charge < -0.3 is 14.4 Å². The zero-order valence-electron chi connectivity index (χ0n) is 12.8. The van der Waals surface area contributed by atoms with Crippen molar-refractivity contribution >= 4 is 15.9 Å². The summed E-state index contributed by atoms with van der Waals surface area (Å²) >= 11 is 3.92. The molecule has 0 unspecified atom stereocenters. The number of rotatable bonds is 4. The number of hydrogen-bond donors (Lipinski definition) is 0. The number of halogens is 1. The minimum Gasteiger partial charge on any atom is -0.497 e. The van der Waals surface area contributed by atoms with Crippen molar-refractivity contribution in [1.29, 1.82) is 0 Å². The van der Waals surface area contributed by atoms with Gasteiger partial charge in [0.2, 0.25) is 0 Å². The number of methoxy groups -OCH3 is 2. The minimum absolute atomic E-state index is 0.104. The van der Waals surface area contributed by atoms with E-state index >= 15 is 0 Å². The summed E-state index contributed by atoms with van der Waals surface area (Å²) in [5, 5.41) is 0. The quantitative estimate of drug-likeness (QED) is 0.783. The summed E-state index contributed by atoms with van der Waals surface area (Å²) in [5.41, 5.74) is 1.36. The molecule has 1 aromatic carbocycles. The Kier molecular flexibility index (Phi) is 4.97. The van der Waals surface area contributed by atoms with Crippen LogP contribution in [0.3, 0.4) is 0 Å². The largest absolute Gasteiger partial charge is 0.497 e. The van der Waals surface area contributed by atoms with Gasteiger partial charge in [0.25, 0.3) is 0 Å². The molecule has 20 heavy (non-hydrogen) atoms. The molecule has 0 N–H and O–H groups in total. The van der Waals surface area contributed by atoms with Crippen LogP contribution in [0.2, 0.25) is 0 Å². The van der Waals surface area contributed by atoms with E-state index < -0.39 is 0 Å². The van der Waals surface area contributed by atoms with E-state index in [1.807, 2.05) is 12.1 Å². The molecular weight excluding hydrogens is 318 g/mol. The standard InChI is InChI=1S/C16H24BrNO2/c1-5-16(8-9-18(2)11-15(16)17)13-10-12(19-3)6-7-14(13)20-4/h6-7,10,15H,5,8-9,11H2,1-4H3/t15-,16-/m0/s1. The maximum absolute atomic E-state index is 5.61. The summed E-state index contributed by atoms with van der Waals surface area (Å²) in [7, 11) is 5.63. The third-order valence-electron chi connectivity index (χ3n) is 4.59. The Balaban J connectivity index is 2.49. The number of nitrogens with zero attached hydrogens (tertiary/aromatic N) is 1. The molecule has 4 heteroatoms. The summed E-state index contributed by atoms with van der Waals surface area (Å²) < 4.78 is 11.0. The number of piperidine rings is 1. The molecule has 1 fully saturated rings. The number of hydrogen-bond acceptors (Lipinski definition) is 3. The van der Waals surface area contributed by atoms with Gasteiger partial charge in [0.1, 0.15) is 11.5 Å². The molecule has 1 aliphatic heterocycles. The predicted octanol–water partition coefficient (Wildman–Crippen LogP) is 3.45. The van der Waals surface area contributed by atoms with E-state index in [-0.39, 0.29) is 5.41 Å². The van der Waals surface area contributed by atoms with Crippen LogP contribution >= 0.6 is 15.9 Å². The van der Waals surface area contributed by atoms with Crippen molar-refractivity contribution in [3.63, 3.8) is 0 Å². The SMILES string of the molecule is CC[C@@]1(c2cc(OC)ccc2OC)CCN(C)C[C@@H]1Br. The Labute approximate surface area is 130 Å². The Hall–Kier alpha value is -0.740. The van der Waals surface area contributed by atoms with Crippen molar-refractivity contribution in [2.75, 3.05) is 34.4 Å². The Bertz CT molecular complexity index is 466. The average molecular weight is 342 g/mol. The number of likely N-dealkylation sites (tertiary alicyclic amines) is 1. The molecule has 0 amide bonds. The molecule has 0 spiro atoms. The normalized spacial score (nSPS) is 27.4. The lowest BCUT2D eigenvalue weighted by atomic mass is 9.70. The molecule has 2 atom stereocenters. The second-order valence-corrected chi connectivity index (χ2v) is 6.66. The molecule has 2 rings (SSSR count). The topological polar surface area (TPSA) is 21.7 Å². The maximum Gasteiger partial charge on any atom is 0.122 e. The highest BCUT2D eigenvalue weighted by Crippen LogP contribution is 2.46. The highest BCUT2D eigenvalue weighted by Gasteiger charge is 2.43. The molecule has 0 aromatic heterocycles. The Morgan fingerprint density at radius 3 is 2.65 bits per heavy atom. The summed E-state index contributed by atoms with van der Waals surface area (Å²) in [4.78, 5) is 2.79. The fourth-order valence-corrected chi connectivity index (χ4v) is 4.48. The number of ether oxygens (including phenoxy) is 2. The minimum atomic E-state index is 0.104. The van der Waals surface area contributed by atoms with E-state index in [4.69, 9.17) is 9.47 Å². The van der Waals surface area contributed by atoms with E-state index in [0.717, 1.165) is 37.4 Å². The summed E-state index contributed by atoms with van der Waals surface area (Å²) in [6.07, 6.45) is 2.21. The Morgan fingerprint density at radius 1 is 1.35 bits per heavy atom. The van der Waals surface area contributed by atoms with E-state index in [0.29, 0.717) is 4.83 Å². The van der Waals surface area contributed by atoms with Crippen LogP contribution in [0.15, 0.2) is 18.2 Å². The molecule has 0 aliphatic carbocycles. The molecule has 1 aromatic rings. The third-order valence-corrected chi connectivity index (χ3v) is 5.75. The number of benzene rings is 1. The van der Waals surface area contributed by atoms with Crippen LogP contribution in [0.25, 0.3) is 0 Å². The van der Waals surface area contributed by atoms with Crippen LogP contribution in [0.4, 0.5) is 0 Å². The summed E-state index contributed by atoms with van der Waals surface area (Å²) in [6.45, 7) is 4.42. The van der Waals surface area contributed by atoms with Gasteiger partial charge in [-0.2, -0.15) is 0 Å². The highest BCUT2D eigenvalue weighted by molar-refractivity contribution is 9.09. The van der Waals surface area contributed by atoms with Crippen molar-refractivity contribution in [2.24, 2.45) is 0 Å². The van der Waals surface area contributed by atoms with Gasteiger partial charge in [-0.15, -0.1) is 0 Å². The molecule has 1 aliphatic rings. The fraction of sp³-hybridized carbons (Fsp3) is 0.625. The predicted molar refractivity (Wildman–Crippen MR) is 86.3 cm³/mol. The van der Waals surface area contributed by atoms with Crippen molar-refractivity contribution < 1.29 is 9.47 Å². The first-order valence-electron chi connectivity index (χ1n) is 7.12. The second kappa shape index (κ2) is 6.35. The van der Waals surface area contributed by atoms with E-state index in [1.54, 1.807) is 14.2 Å². The van der Waals surface area contributed by atoms with Crippen molar-refractivity contribution in [3.05, 3.63) is 23.8 Å². The van der Waals surface area contributed by atoms with Crippen molar-refractivity contribution in [1.82, 2.24) is 4.90 Å². The fourth-order valence-electron chi connectivity index (χ4n) is 3.18. The van der Waals surface area contributed by atoms with Gasteiger partial charge in [0.05, 0.1) is 14.2 Å². The van der Waals surface area contributed by atoms with Crippen LogP contribution in [0.5, 0.6) is 11.5 Å². The van der Waals surface area contributed by atoms with Crippen molar-refractivity contribution in [2.45, 2.75) is 30.0 Å². The molecule has 1 saturated heterocycles. The van der Waals surface area contributed by atoms with Gasteiger partial charge >= 0.3 is 0 Å². The molecule has 3 nitrogen and oxygen atoms in total. The first-order chi connectivity index (χ1) is 9.57. The van der Waals surface area contributed by atoms with E-state index in [2.05, 4.69) is 40.9 Å². The first-order valence-corrected chi connectivity index (χ1v) is 8.04. The van der Waals surface area contributed by atoms with Gasteiger partial charge in [0, 0.05) is 22.4 Å². The van der Waals surface area contributed by atoms with Gasteiger partial charge in [-0.3, -0.25) is 0 Å². The molecule has 112 valence electrons. The molecule has 0 radical (unpaired) electrons. The summed E-state index contributed by atoms with van der Waals surface area (Å²) in [6, 6.07) is 6.12. The van der Waals surface area contributed by atoms with E-state index in [9.17, 15) is 0 Å². The van der Waals surface area contributed by atoms with Crippen LogP contribution in [0, 0.1) is 0 Å². The molecule has 0 saturated carbocycles. The average Bonchev–Trinajstić information content (AvgIpc) is 2.47. The molecule has 0 bridgehead atoms. The summed E-state index contributed by atoms with van der Waals surface area (Å²) in [5.74, 6) is 1.86. The van der Waals surface area contributed by atoms with E-state index in [1.165, 1.54) is 5.56 Å². The van der Waals surface area contributed by atoms with Crippen LogP contribution in [-0.2, 0) is 5.41 Å². The van der Waals surface area contributed by atoms with Gasteiger partial charge in [-0.05, 0) is 44.6 Å². The monoisotopic (exact) mass is 341 g/mol. The number of alkyl halides is 1. The Morgan fingerprint density at radius 2 is 2.10 bits per heavy atom. The highest BCUT2D eigenvalue weighted by atomic mass is 79.9. The zero-order valence-corrected chi connectivity index (χ0v) is 14.4. The van der Waals surface area contributed by atoms with Crippen LogP contribution in [0.1, 0.15) is 25.3 Å². The lowest BCUT2D eigenvalue weighted by molar-refractivity contribution is 0.190. The second-order valence-electron chi connectivity index (χ2n) is 5.56. The van der Waals surface area contributed by atoms with Gasteiger partial charge in [0.15, 0.2) is 0 Å². The lowest BCUT2D eigenvalue weighted by Crippen LogP contribution is -2.49. The smallest absolute Gasteiger partial charge is 0.122 e. The van der Waals surface area contributed by atoms with Gasteiger partial charge in [-0.25, -0.2) is 0 Å². The van der Waals surface area contributed by atoms with Gasteiger partial charge in [-0.1, -0.05) is 22.9 Å². The zero-order chi connectivity index (χ0) is 14.8. The molecule has 1 heterocycles.